The van der Waals surface area contributed by atoms with Crippen LogP contribution in [-0.4, -0.2) is 64.8 Å². The van der Waals surface area contributed by atoms with E-state index in [9.17, 15) is 4.79 Å². The molecule has 1 amide bonds. The molecule has 5 rings (SSSR count). The Balaban J connectivity index is 1.31. The predicted molar refractivity (Wildman–Crippen MR) is 113 cm³/mol. The standard InChI is InChI=1S/C21H25N5O2S/c1-15-4-6-16(7-5-15)18-14-26-20(22-18)29-21(23-26)25-8-2-3-17(13-25)19(27)24-9-11-28-12-10-24/h4-7,14,17H,2-3,8-13H2,1H3. The van der Waals surface area contributed by atoms with Crippen LogP contribution in [0.2, 0.25) is 0 Å². The molecule has 2 fully saturated rings. The highest BCUT2D eigenvalue weighted by molar-refractivity contribution is 7.20. The van der Waals surface area contributed by atoms with Crippen molar-refractivity contribution in [2.24, 2.45) is 5.92 Å². The van der Waals surface area contributed by atoms with E-state index in [1.54, 1.807) is 11.3 Å². The Kier molecular flexibility index (Phi) is 4.97. The van der Waals surface area contributed by atoms with Crippen LogP contribution < -0.4 is 4.90 Å². The lowest BCUT2D eigenvalue weighted by atomic mass is 9.96. The Morgan fingerprint density at radius 3 is 2.72 bits per heavy atom. The van der Waals surface area contributed by atoms with E-state index in [4.69, 9.17) is 14.8 Å². The van der Waals surface area contributed by atoms with Gasteiger partial charge in [0.25, 0.3) is 0 Å². The van der Waals surface area contributed by atoms with Gasteiger partial charge in [-0.25, -0.2) is 9.50 Å². The van der Waals surface area contributed by atoms with Gasteiger partial charge in [-0.2, -0.15) is 0 Å². The molecule has 4 heterocycles. The minimum Gasteiger partial charge on any atom is -0.378 e. The van der Waals surface area contributed by atoms with Crippen LogP contribution in [0, 0.1) is 12.8 Å². The molecule has 0 bridgehead atoms. The van der Waals surface area contributed by atoms with Gasteiger partial charge in [0.05, 0.1) is 31.0 Å². The number of hydrogen-bond donors (Lipinski definition) is 0. The summed E-state index contributed by atoms with van der Waals surface area (Å²) in [5, 5.41) is 5.71. The van der Waals surface area contributed by atoms with Gasteiger partial charge >= 0.3 is 0 Å². The topological polar surface area (TPSA) is 63.0 Å². The van der Waals surface area contributed by atoms with Gasteiger partial charge in [-0.1, -0.05) is 41.2 Å². The van der Waals surface area contributed by atoms with Crippen molar-refractivity contribution in [3.63, 3.8) is 0 Å². The molecule has 0 N–H and O–H groups in total. The van der Waals surface area contributed by atoms with Crippen LogP contribution >= 0.6 is 11.3 Å². The number of nitrogens with zero attached hydrogens (tertiary/aromatic N) is 5. The number of imidazole rings is 1. The molecule has 2 aliphatic rings. The SMILES string of the molecule is Cc1ccc(-c2cn3nc(N4CCCC(C(=O)N5CCOCC5)C4)sc3n2)cc1. The molecule has 0 aliphatic carbocycles. The first-order valence-corrected chi connectivity index (χ1v) is 11.0. The van der Waals surface area contributed by atoms with Crippen LogP contribution in [0.25, 0.3) is 16.2 Å². The van der Waals surface area contributed by atoms with Crippen molar-refractivity contribution in [3.8, 4) is 11.3 Å². The van der Waals surface area contributed by atoms with E-state index in [0.717, 1.165) is 47.3 Å². The minimum absolute atomic E-state index is 0.0428. The summed E-state index contributed by atoms with van der Waals surface area (Å²) in [5.74, 6) is 0.308. The number of piperidine rings is 1. The summed E-state index contributed by atoms with van der Waals surface area (Å²) in [7, 11) is 0. The lowest BCUT2D eigenvalue weighted by Crippen LogP contribution is -2.48. The third kappa shape index (κ3) is 3.74. The zero-order chi connectivity index (χ0) is 19.8. The molecule has 2 aliphatic heterocycles. The molecule has 1 atom stereocenters. The number of hydrogen-bond acceptors (Lipinski definition) is 6. The van der Waals surface area contributed by atoms with Gasteiger partial charge in [0.1, 0.15) is 0 Å². The number of anilines is 1. The first kappa shape index (κ1) is 18.6. The van der Waals surface area contributed by atoms with Crippen molar-refractivity contribution in [2.75, 3.05) is 44.3 Å². The Labute approximate surface area is 173 Å². The molecule has 29 heavy (non-hydrogen) atoms. The highest BCUT2D eigenvalue weighted by Crippen LogP contribution is 2.30. The largest absolute Gasteiger partial charge is 0.378 e. The summed E-state index contributed by atoms with van der Waals surface area (Å²) in [4.78, 5) is 22.7. The number of carbonyl (C=O) groups is 1. The summed E-state index contributed by atoms with van der Waals surface area (Å²) in [5.41, 5.74) is 3.28. The average molecular weight is 412 g/mol. The number of fused-ring (bicyclic) bond motifs is 1. The zero-order valence-electron chi connectivity index (χ0n) is 16.6. The van der Waals surface area contributed by atoms with Crippen LogP contribution in [0.3, 0.4) is 0 Å². The van der Waals surface area contributed by atoms with Crippen molar-refractivity contribution >= 4 is 27.3 Å². The van der Waals surface area contributed by atoms with Crippen molar-refractivity contribution in [1.82, 2.24) is 19.5 Å². The summed E-state index contributed by atoms with van der Waals surface area (Å²) < 4.78 is 7.24. The molecular weight excluding hydrogens is 386 g/mol. The monoisotopic (exact) mass is 411 g/mol. The van der Waals surface area contributed by atoms with E-state index < -0.39 is 0 Å². The van der Waals surface area contributed by atoms with Gasteiger partial charge in [-0.05, 0) is 19.8 Å². The molecule has 3 aromatic rings. The summed E-state index contributed by atoms with van der Waals surface area (Å²) in [6.07, 6.45) is 3.95. The number of benzene rings is 1. The number of aryl methyl sites for hydroxylation is 1. The molecule has 7 nitrogen and oxygen atoms in total. The van der Waals surface area contributed by atoms with Crippen LogP contribution in [0.4, 0.5) is 5.13 Å². The predicted octanol–water partition coefficient (Wildman–Crippen LogP) is 2.84. The van der Waals surface area contributed by atoms with Crippen molar-refractivity contribution < 1.29 is 9.53 Å². The van der Waals surface area contributed by atoms with Gasteiger partial charge in [0.15, 0.2) is 0 Å². The molecule has 0 spiro atoms. The van der Waals surface area contributed by atoms with Crippen LogP contribution in [0.5, 0.6) is 0 Å². The third-order valence-corrected chi connectivity index (χ3v) is 6.73. The van der Waals surface area contributed by atoms with E-state index in [2.05, 4.69) is 36.1 Å². The molecule has 8 heteroatoms. The lowest BCUT2D eigenvalue weighted by Gasteiger charge is -2.35. The average Bonchev–Trinajstić information content (AvgIpc) is 3.34. The highest BCUT2D eigenvalue weighted by atomic mass is 32.1. The third-order valence-electron chi connectivity index (χ3n) is 5.74. The van der Waals surface area contributed by atoms with E-state index in [1.165, 1.54) is 5.56 Å². The Morgan fingerprint density at radius 1 is 1.17 bits per heavy atom. The molecule has 2 aromatic heterocycles. The zero-order valence-corrected chi connectivity index (χ0v) is 17.4. The maximum Gasteiger partial charge on any atom is 0.227 e. The highest BCUT2D eigenvalue weighted by Gasteiger charge is 2.31. The van der Waals surface area contributed by atoms with Crippen molar-refractivity contribution in [1.29, 1.82) is 0 Å². The number of aromatic nitrogens is 3. The molecule has 1 aromatic carbocycles. The number of ether oxygens (including phenoxy) is 1. The fraction of sp³-hybridized carbons (Fsp3) is 0.476. The molecule has 0 radical (unpaired) electrons. The van der Waals surface area contributed by atoms with Gasteiger partial charge in [-0.15, -0.1) is 5.10 Å². The first-order chi connectivity index (χ1) is 14.2. The normalized spacial score (nSPS) is 20.4. The minimum atomic E-state index is 0.0428. The molecule has 152 valence electrons. The summed E-state index contributed by atoms with van der Waals surface area (Å²) in [6, 6.07) is 8.38. The van der Waals surface area contributed by atoms with Crippen molar-refractivity contribution in [2.45, 2.75) is 19.8 Å². The van der Waals surface area contributed by atoms with Gasteiger partial charge in [0, 0.05) is 31.7 Å². The lowest BCUT2D eigenvalue weighted by molar-refractivity contribution is -0.139. The fourth-order valence-corrected chi connectivity index (χ4v) is 4.99. The van der Waals surface area contributed by atoms with E-state index >= 15 is 0 Å². The van der Waals surface area contributed by atoms with Gasteiger partial charge < -0.3 is 14.5 Å². The Morgan fingerprint density at radius 2 is 1.97 bits per heavy atom. The van der Waals surface area contributed by atoms with Gasteiger partial charge in [-0.3, -0.25) is 4.79 Å². The van der Waals surface area contributed by atoms with Gasteiger partial charge in [0.2, 0.25) is 16.0 Å². The fourth-order valence-electron chi connectivity index (χ4n) is 4.08. The maximum atomic E-state index is 12.9. The van der Waals surface area contributed by atoms with E-state index in [1.807, 2.05) is 15.6 Å². The molecule has 2 saturated heterocycles. The maximum absolute atomic E-state index is 12.9. The Hall–Kier alpha value is -2.45. The Bertz CT molecular complexity index is 974. The van der Waals surface area contributed by atoms with Crippen LogP contribution in [-0.2, 0) is 9.53 Å². The molecular formula is C21H25N5O2S. The van der Waals surface area contributed by atoms with Crippen LogP contribution in [0.15, 0.2) is 30.5 Å². The summed E-state index contributed by atoms with van der Waals surface area (Å²) in [6.45, 7) is 6.47. The summed E-state index contributed by atoms with van der Waals surface area (Å²) >= 11 is 1.59. The first-order valence-electron chi connectivity index (χ1n) is 10.2. The second-order valence-electron chi connectivity index (χ2n) is 7.83. The van der Waals surface area contributed by atoms with E-state index in [0.29, 0.717) is 26.3 Å². The molecule has 0 saturated carbocycles. The number of morpholine rings is 1. The van der Waals surface area contributed by atoms with Crippen LogP contribution in [0.1, 0.15) is 18.4 Å². The van der Waals surface area contributed by atoms with E-state index in [-0.39, 0.29) is 11.8 Å². The number of carbonyl (C=O) groups excluding carboxylic acids is 1. The second-order valence-corrected chi connectivity index (χ2v) is 8.76. The quantitative estimate of drug-likeness (QED) is 0.663. The molecule has 1 unspecified atom stereocenters. The van der Waals surface area contributed by atoms with Crippen molar-refractivity contribution in [3.05, 3.63) is 36.0 Å². The number of rotatable bonds is 3. The second kappa shape index (κ2) is 7.76. The number of amides is 1. The smallest absolute Gasteiger partial charge is 0.227 e.